The normalized spacial score (nSPS) is 32.7. The second-order valence-corrected chi connectivity index (χ2v) is 6.42. The molecule has 2 fully saturated rings. The highest BCUT2D eigenvalue weighted by molar-refractivity contribution is 5.22. The van der Waals surface area contributed by atoms with E-state index in [0.717, 1.165) is 17.8 Å². The minimum absolute atomic E-state index is 0.715. The van der Waals surface area contributed by atoms with Gasteiger partial charge in [-0.1, -0.05) is 36.8 Å². The van der Waals surface area contributed by atoms with Gasteiger partial charge in [-0.3, -0.25) is 0 Å². The third-order valence-electron chi connectivity index (χ3n) is 5.08. The zero-order valence-electron chi connectivity index (χ0n) is 11.7. The van der Waals surface area contributed by atoms with Crippen LogP contribution in [0.15, 0.2) is 30.3 Å². The molecule has 18 heavy (non-hydrogen) atoms. The van der Waals surface area contributed by atoms with E-state index in [1.54, 1.807) is 5.56 Å². The lowest BCUT2D eigenvalue weighted by molar-refractivity contribution is 0.252. The summed E-state index contributed by atoms with van der Waals surface area (Å²) in [6.07, 6.45) is 4.28. The van der Waals surface area contributed by atoms with Crippen LogP contribution >= 0.6 is 0 Å². The first kappa shape index (κ1) is 12.2. The molecule has 1 aliphatic heterocycles. The molecule has 0 radical (unpaired) electrons. The minimum Gasteiger partial charge on any atom is -0.300 e. The van der Waals surface area contributed by atoms with Gasteiger partial charge in [0.15, 0.2) is 0 Å². The standard InChI is InChI=1S/C17H25N/c1-13(2)18-11-15-9-6-10-16(17(15)12-18)14-7-4-3-5-8-14/h3-5,7-8,13,15-17H,6,9-12H2,1-2H3/t15-,16-,17-/m1/s1. The van der Waals surface area contributed by atoms with E-state index < -0.39 is 0 Å². The Balaban J connectivity index is 1.80. The number of hydrogen-bond acceptors (Lipinski definition) is 1. The van der Waals surface area contributed by atoms with Crippen LogP contribution in [0.5, 0.6) is 0 Å². The van der Waals surface area contributed by atoms with Crippen LogP contribution in [0.2, 0.25) is 0 Å². The number of rotatable bonds is 2. The van der Waals surface area contributed by atoms with Crippen LogP contribution in [0.25, 0.3) is 0 Å². The smallest absolute Gasteiger partial charge is 0.00388 e. The highest BCUT2D eigenvalue weighted by Gasteiger charge is 2.41. The van der Waals surface area contributed by atoms with E-state index in [-0.39, 0.29) is 0 Å². The molecule has 1 saturated heterocycles. The fourth-order valence-corrected chi connectivity index (χ4v) is 4.04. The van der Waals surface area contributed by atoms with E-state index in [4.69, 9.17) is 0 Å². The predicted octanol–water partition coefficient (Wildman–Crippen LogP) is 3.91. The summed E-state index contributed by atoms with van der Waals surface area (Å²) in [5.74, 6) is 2.67. The molecule has 0 N–H and O–H groups in total. The van der Waals surface area contributed by atoms with Crippen molar-refractivity contribution in [1.29, 1.82) is 0 Å². The number of fused-ring (bicyclic) bond motifs is 1. The topological polar surface area (TPSA) is 3.24 Å². The van der Waals surface area contributed by atoms with Crippen LogP contribution in [0.3, 0.4) is 0 Å². The van der Waals surface area contributed by atoms with E-state index >= 15 is 0 Å². The summed E-state index contributed by atoms with van der Waals surface area (Å²) in [5.41, 5.74) is 1.58. The van der Waals surface area contributed by atoms with Crippen molar-refractivity contribution < 1.29 is 0 Å². The summed E-state index contributed by atoms with van der Waals surface area (Å²) in [6.45, 7) is 7.34. The maximum Gasteiger partial charge on any atom is 0.00388 e. The summed E-state index contributed by atoms with van der Waals surface area (Å²) >= 11 is 0. The first-order valence-electron chi connectivity index (χ1n) is 7.54. The van der Waals surface area contributed by atoms with E-state index in [2.05, 4.69) is 49.1 Å². The Bertz CT molecular complexity index is 384. The molecule has 0 aromatic heterocycles. The van der Waals surface area contributed by atoms with Crippen LogP contribution in [-0.2, 0) is 0 Å². The average molecular weight is 243 g/mol. The molecule has 3 atom stereocenters. The molecular weight excluding hydrogens is 218 g/mol. The van der Waals surface area contributed by atoms with Crippen molar-refractivity contribution in [2.24, 2.45) is 11.8 Å². The lowest BCUT2D eigenvalue weighted by atomic mass is 9.71. The van der Waals surface area contributed by atoms with E-state index in [0.29, 0.717) is 6.04 Å². The fraction of sp³-hybridized carbons (Fsp3) is 0.647. The van der Waals surface area contributed by atoms with E-state index in [1.807, 2.05) is 0 Å². The zero-order chi connectivity index (χ0) is 12.5. The van der Waals surface area contributed by atoms with Gasteiger partial charge in [0.2, 0.25) is 0 Å². The number of likely N-dealkylation sites (tertiary alicyclic amines) is 1. The monoisotopic (exact) mass is 243 g/mol. The molecule has 0 amide bonds. The van der Waals surface area contributed by atoms with Gasteiger partial charge in [-0.25, -0.2) is 0 Å². The molecule has 0 bridgehead atoms. The Morgan fingerprint density at radius 3 is 2.56 bits per heavy atom. The van der Waals surface area contributed by atoms with Crippen LogP contribution in [0, 0.1) is 11.8 Å². The molecule has 2 aliphatic rings. The quantitative estimate of drug-likeness (QED) is 0.761. The van der Waals surface area contributed by atoms with Crippen molar-refractivity contribution >= 4 is 0 Å². The van der Waals surface area contributed by atoms with Crippen molar-refractivity contribution in [1.82, 2.24) is 4.90 Å². The van der Waals surface area contributed by atoms with Gasteiger partial charge in [0.1, 0.15) is 0 Å². The summed E-state index contributed by atoms with van der Waals surface area (Å²) in [6, 6.07) is 11.9. The molecule has 98 valence electrons. The van der Waals surface area contributed by atoms with Crippen LogP contribution in [-0.4, -0.2) is 24.0 Å². The molecule has 0 unspecified atom stereocenters. The van der Waals surface area contributed by atoms with E-state index in [9.17, 15) is 0 Å². The summed E-state index contributed by atoms with van der Waals surface area (Å²) in [4.78, 5) is 2.69. The number of nitrogens with zero attached hydrogens (tertiary/aromatic N) is 1. The van der Waals surface area contributed by atoms with Gasteiger partial charge in [-0.05, 0) is 50.0 Å². The number of benzene rings is 1. The summed E-state index contributed by atoms with van der Waals surface area (Å²) in [5, 5.41) is 0. The molecule has 1 heterocycles. The summed E-state index contributed by atoms with van der Waals surface area (Å²) < 4.78 is 0. The Hall–Kier alpha value is -0.820. The highest BCUT2D eigenvalue weighted by atomic mass is 15.2. The van der Waals surface area contributed by atoms with Gasteiger partial charge in [-0.15, -0.1) is 0 Å². The summed E-state index contributed by atoms with van der Waals surface area (Å²) in [7, 11) is 0. The Labute approximate surface area is 111 Å². The third kappa shape index (κ3) is 2.21. The van der Waals surface area contributed by atoms with E-state index in [1.165, 1.54) is 32.4 Å². The Morgan fingerprint density at radius 1 is 1.06 bits per heavy atom. The third-order valence-corrected chi connectivity index (χ3v) is 5.08. The molecule has 1 heteroatoms. The second-order valence-electron chi connectivity index (χ2n) is 6.42. The molecule has 1 aromatic carbocycles. The molecular formula is C17H25N. The van der Waals surface area contributed by atoms with Crippen molar-refractivity contribution in [2.45, 2.75) is 45.1 Å². The van der Waals surface area contributed by atoms with Gasteiger partial charge in [0.25, 0.3) is 0 Å². The van der Waals surface area contributed by atoms with Crippen molar-refractivity contribution in [2.75, 3.05) is 13.1 Å². The Morgan fingerprint density at radius 2 is 1.83 bits per heavy atom. The van der Waals surface area contributed by atoms with Crippen molar-refractivity contribution in [3.8, 4) is 0 Å². The lowest BCUT2D eigenvalue weighted by Crippen LogP contribution is -2.29. The SMILES string of the molecule is CC(C)N1C[C@H]2CCC[C@H](c3ccccc3)[C@@H]2C1. The predicted molar refractivity (Wildman–Crippen MR) is 76.7 cm³/mol. The molecule has 1 nitrogen and oxygen atoms in total. The van der Waals surface area contributed by atoms with Crippen LogP contribution in [0.1, 0.15) is 44.6 Å². The number of hydrogen-bond donors (Lipinski definition) is 0. The Kier molecular flexibility index (Phi) is 3.43. The highest BCUT2D eigenvalue weighted by Crippen LogP contribution is 2.45. The molecule has 1 aliphatic carbocycles. The first-order chi connectivity index (χ1) is 8.75. The maximum absolute atomic E-state index is 2.69. The van der Waals surface area contributed by atoms with Gasteiger partial charge >= 0.3 is 0 Å². The minimum atomic E-state index is 0.715. The van der Waals surface area contributed by atoms with Crippen LogP contribution in [0.4, 0.5) is 0 Å². The van der Waals surface area contributed by atoms with Crippen molar-refractivity contribution in [3.63, 3.8) is 0 Å². The van der Waals surface area contributed by atoms with Gasteiger partial charge in [0, 0.05) is 19.1 Å². The average Bonchev–Trinajstić information content (AvgIpc) is 2.83. The molecule has 3 rings (SSSR count). The molecule has 0 spiro atoms. The largest absolute Gasteiger partial charge is 0.300 e. The lowest BCUT2D eigenvalue weighted by Gasteiger charge is -2.33. The van der Waals surface area contributed by atoms with Gasteiger partial charge in [0.05, 0.1) is 0 Å². The van der Waals surface area contributed by atoms with Crippen molar-refractivity contribution in [3.05, 3.63) is 35.9 Å². The fourth-order valence-electron chi connectivity index (χ4n) is 4.04. The van der Waals surface area contributed by atoms with Gasteiger partial charge < -0.3 is 4.90 Å². The van der Waals surface area contributed by atoms with Crippen LogP contribution < -0.4 is 0 Å². The van der Waals surface area contributed by atoms with Gasteiger partial charge in [-0.2, -0.15) is 0 Å². The molecule has 1 aromatic rings. The molecule has 1 saturated carbocycles. The zero-order valence-corrected chi connectivity index (χ0v) is 11.7. The first-order valence-corrected chi connectivity index (χ1v) is 7.54. The second kappa shape index (κ2) is 5.05. The maximum atomic E-state index is 2.69.